The number of aryl methyl sites for hydroxylation is 1. The fourth-order valence-corrected chi connectivity index (χ4v) is 8.82. The number of imide groups is 2. The maximum Gasteiger partial charge on any atom is 0.254 e. The van der Waals surface area contributed by atoms with Crippen molar-refractivity contribution in [3.63, 3.8) is 0 Å². The van der Waals surface area contributed by atoms with Gasteiger partial charge in [0.25, 0.3) is 11.8 Å². The molecule has 2 aromatic rings. The molecular formula is C31H29BrCl2N2O7. The van der Waals surface area contributed by atoms with E-state index in [1.165, 1.54) is 31.3 Å². The number of nitrogens with zero attached hydrogens (tertiary/aromatic N) is 2. The lowest BCUT2D eigenvalue weighted by Gasteiger charge is -2.51. The van der Waals surface area contributed by atoms with Crippen LogP contribution >= 0.6 is 39.1 Å². The van der Waals surface area contributed by atoms with E-state index < -0.39 is 51.1 Å². The third-order valence-corrected chi connectivity index (χ3v) is 11.3. The summed E-state index contributed by atoms with van der Waals surface area (Å²) in [5, 5.41) is 10.4. The molecule has 1 N–H and O–H groups in total. The average molecular weight is 692 g/mol. The first-order valence-electron chi connectivity index (χ1n) is 13.9. The SMILES string of the molecule is CCc1ccc(N2C(=O)[C@H]3[C@H](CC=C4[C@H]3C[C@@]3(Cl)C(=O)N(CBr)C(=O)[C@@]3(Cl)[C@H]4c3c(OC)cc(O)cc3OC)C2=O)cc1. The molecule has 6 atom stereocenters. The van der Waals surface area contributed by atoms with E-state index >= 15 is 0 Å². The predicted octanol–water partition coefficient (Wildman–Crippen LogP) is 4.89. The number of halogens is 3. The van der Waals surface area contributed by atoms with E-state index in [-0.39, 0.29) is 41.5 Å². The zero-order valence-corrected chi connectivity index (χ0v) is 26.7. The van der Waals surface area contributed by atoms with Gasteiger partial charge in [-0.2, -0.15) is 0 Å². The fourth-order valence-electron chi connectivity index (χ4n) is 7.41. The van der Waals surface area contributed by atoms with Crippen LogP contribution in [0.5, 0.6) is 17.2 Å². The molecule has 0 unspecified atom stereocenters. The molecule has 2 aromatic carbocycles. The van der Waals surface area contributed by atoms with Crippen LogP contribution in [0.1, 0.15) is 36.8 Å². The summed E-state index contributed by atoms with van der Waals surface area (Å²) in [6.07, 6.45) is 2.73. The Bertz CT molecular complexity index is 1570. The number of alkyl halides is 3. The number of allylic oxidation sites excluding steroid dienone is 2. The number of ether oxygens (including phenoxy) is 2. The summed E-state index contributed by atoms with van der Waals surface area (Å²) < 4.78 is 11.3. The van der Waals surface area contributed by atoms with Crippen molar-refractivity contribution in [2.24, 2.45) is 17.8 Å². The molecule has 1 saturated carbocycles. The Morgan fingerprint density at radius 2 is 1.60 bits per heavy atom. The summed E-state index contributed by atoms with van der Waals surface area (Å²) in [6, 6.07) is 10.0. The van der Waals surface area contributed by atoms with Gasteiger partial charge in [0, 0.05) is 23.6 Å². The van der Waals surface area contributed by atoms with Gasteiger partial charge in [-0.25, -0.2) is 0 Å². The summed E-state index contributed by atoms with van der Waals surface area (Å²) in [6.45, 7) is 2.02. The third-order valence-electron chi connectivity index (χ3n) is 9.43. The molecule has 2 saturated heterocycles. The number of hydrogen-bond acceptors (Lipinski definition) is 7. The zero-order valence-electron chi connectivity index (χ0n) is 23.6. The molecule has 4 aliphatic rings. The Hall–Kier alpha value is -3.08. The highest BCUT2D eigenvalue weighted by Gasteiger charge is 2.76. The second-order valence-corrected chi connectivity index (χ2v) is 13.0. The first kappa shape index (κ1) is 30.0. The van der Waals surface area contributed by atoms with Crippen LogP contribution in [0, 0.1) is 17.8 Å². The van der Waals surface area contributed by atoms with Crippen molar-refractivity contribution in [1.82, 2.24) is 4.90 Å². The minimum absolute atomic E-state index is 0.139. The second-order valence-electron chi connectivity index (χ2n) is 11.3. The minimum atomic E-state index is -2.03. The maximum atomic E-state index is 14.2. The van der Waals surface area contributed by atoms with E-state index in [9.17, 15) is 24.3 Å². The van der Waals surface area contributed by atoms with Crippen molar-refractivity contribution in [2.75, 3.05) is 24.6 Å². The van der Waals surface area contributed by atoms with Crippen molar-refractivity contribution in [1.29, 1.82) is 0 Å². The summed E-state index contributed by atoms with van der Waals surface area (Å²) >= 11 is 17.8. The molecule has 12 heteroatoms. The number of phenolic OH excluding ortho intramolecular Hbond substituents is 1. The molecule has 226 valence electrons. The van der Waals surface area contributed by atoms with Gasteiger partial charge in [0.15, 0.2) is 9.75 Å². The van der Waals surface area contributed by atoms with Crippen molar-refractivity contribution in [3.05, 3.63) is 59.2 Å². The van der Waals surface area contributed by atoms with Crippen LogP contribution in [0.4, 0.5) is 5.69 Å². The molecule has 3 fully saturated rings. The number of fused-ring (bicyclic) bond motifs is 4. The van der Waals surface area contributed by atoms with Gasteiger partial charge in [0.2, 0.25) is 11.8 Å². The summed E-state index contributed by atoms with van der Waals surface area (Å²) in [5.74, 6) is -5.28. The van der Waals surface area contributed by atoms with E-state index in [1.807, 2.05) is 25.1 Å². The number of amides is 4. The van der Waals surface area contributed by atoms with Crippen LogP contribution in [0.3, 0.4) is 0 Å². The van der Waals surface area contributed by atoms with Crippen LogP contribution in [0.25, 0.3) is 0 Å². The highest BCUT2D eigenvalue weighted by atomic mass is 79.9. The Morgan fingerprint density at radius 3 is 2.16 bits per heavy atom. The average Bonchev–Trinajstić information content (AvgIpc) is 3.34. The zero-order chi connectivity index (χ0) is 31.0. The van der Waals surface area contributed by atoms with Crippen molar-refractivity contribution in [3.8, 4) is 17.2 Å². The Balaban J connectivity index is 1.55. The molecule has 4 amide bonds. The molecule has 2 aliphatic heterocycles. The highest BCUT2D eigenvalue weighted by Crippen LogP contribution is 2.67. The number of hydrogen-bond donors (Lipinski definition) is 1. The van der Waals surface area contributed by atoms with Crippen LogP contribution in [0.15, 0.2) is 48.0 Å². The largest absolute Gasteiger partial charge is 0.508 e. The molecule has 0 radical (unpaired) electrons. The molecule has 2 heterocycles. The topological polar surface area (TPSA) is 113 Å². The predicted molar refractivity (Wildman–Crippen MR) is 163 cm³/mol. The number of rotatable bonds is 6. The fraction of sp³-hybridized carbons (Fsp3) is 0.419. The first-order chi connectivity index (χ1) is 20.5. The number of likely N-dealkylation sites (tertiary alicyclic amines) is 1. The Kier molecular flexibility index (Phi) is 7.34. The third kappa shape index (κ3) is 3.95. The summed E-state index contributed by atoms with van der Waals surface area (Å²) in [7, 11) is 2.79. The summed E-state index contributed by atoms with van der Waals surface area (Å²) in [5.41, 5.74) is 2.30. The van der Waals surface area contributed by atoms with E-state index in [4.69, 9.17) is 32.7 Å². The number of benzene rings is 2. The number of phenols is 1. The first-order valence-corrected chi connectivity index (χ1v) is 15.8. The van der Waals surface area contributed by atoms with Gasteiger partial charge >= 0.3 is 0 Å². The van der Waals surface area contributed by atoms with Crippen molar-refractivity contribution < 1.29 is 33.8 Å². The number of methoxy groups -OCH3 is 2. The molecule has 2 aliphatic carbocycles. The maximum absolute atomic E-state index is 14.2. The van der Waals surface area contributed by atoms with Crippen LogP contribution in [-0.2, 0) is 25.6 Å². The molecule has 9 nitrogen and oxygen atoms in total. The van der Waals surface area contributed by atoms with Crippen LogP contribution in [0.2, 0.25) is 0 Å². The monoisotopic (exact) mass is 690 g/mol. The van der Waals surface area contributed by atoms with Gasteiger partial charge in [0.05, 0.1) is 37.2 Å². The van der Waals surface area contributed by atoms with E-state index in [2.05, 4.69) is 15.9 Å². The molecule has 0 bridgehead atoms. The van der Waals surface area contributed by atoms with E-state index in [0.29, 0.717) is 16.8 Å². The van der Waals surface area contributed by atoms with Gasteiger partial charge in [-0.3, -0.25) is 29.0 Å². The quantitative estimate of drug-likeness (QED) is 0.199. The standard InChI is InChI=1S/C31H29BrCl2N2O7/c1-4-15-5-7-16(8-6-15)36-26(38)19-10-9-18-20(23(19)27(36)39)13-30(33)28(40)35(14-32)29(41)31(30,34)25(18)24-21(42-2)11-17(37)12-22(24)43-3/h5-9,11-12,19-20,23,25,37H,4,10,13-14H2,1-3H3/t19-,20+,23-,25+,30+,31-/m0/s1. The summed E-state index contributed by atoms with van der Waals surface area (Å²) in [4.78, 5) is 54.1. The van der Waals surface area contributed by atoms with Gasteiger partial charge < -0.3 is 14.6 Å². The molecule has 0 aromatic heterocycles. The smallest absolute Gasteiger partial charge is 0.254 e. The Morgan fingerprint density at radius 1 is 0.977 bits per heavy atom. The van der Waals surface area contributed by atoms with Crippen molar-refractivity contribution >= 4 is 68.4 Å². The van der Waals surface area contributed by atoms with Gasteiger partial charge in [-0.1, -0.05) is 46.6 Å². The molecule has 0 spiro atoms. The lowest BCUT2D eigenvalue weighted by Crippen LogP contribution is -2.60. The molecular weight excluding hydrogens is 663 g/mol. The molecule has 43 heavy (non-hydrogen) atoms. The van der Waals surface area contributed by atoms with Crippen LogP contribution < -0.4 is 14.4 Å². The van der Waals surface area contributed by atoms with Crippen LogP contribution in [-0.4, -0.2) is 63.1 Å². The lowest BCUT2D eigenvalue weighted by molar-refractivity contribution is -0.138. The van der Waals surface area contributed by atoms with Crippen molar-refractivity contribution in [2.45, 2.75) is 41.9 Å². The highest BCUT2D eigenvalue weighted by molar-refractivity contribution is 9.09. The number of anilines is 1. The second kappa shape index (κ2) is 10.5. The van der Waals surface area contributed by atoms with E-state index in [0.717, 1.165) is 16.9 Å². The number of carbonyl (C=O) groups is 4. The Labute approximate surface area is 266 Å². The van der Waals surface area contributed by atoms with E-state index in [1.54, 1.807) is 12.1 Å². The van der Waals surface area contributed by atoms with Gasteiger partial charge in [-0.15, -0.1) is 23.2 Å². The normalized spacial score (nSPS) is 31.5. The van der Waals surface area contributed by atoms with Gasteiger partial charge in [0.1, 0.15) is 17.2 Å². The minimum Gasteiger partial charge on any atom is -0.508 e. The molecule has 6 rings (SSSR count). The lowest BCUT2D eigenvalue weighted by atomic mass is 9.56. The number of carbonyl (C=O) groups excluding carboxylic acids is 4. The number of aromatic hydroxyl groups is 1. The van der Waals surface area contributed by atoms with Gasteiger partial charge in [-0.05, 0) is 42.9 Å².